The molecular formula is C43H67N5O11S. The molecule has 5 fully saturated rings. The molecule has 0 aromatic heterocycles. The minimum absolute atomic E-state index is 0.101. The molecule has 4 saturated carbocycles. The third kappa shape index (κ3) is 12.8. The molecule has 3 amide bonds. The summed E-state index contributed by atoms with van der Waals surface area (Å²) in [6, 6.07) is 9.28. The molecule has 5 aliphatic rings. The third-order valence-corrected chi connectivity index (χ3v) is 14.4. The van der Waals surface area contributed by atoms with Crippen LogP contribution < -0.4 is 10.1 Å². The Balaban J connectivity index is 1.01. The van der Waals surface area contributed by atoms with Crippen molar-refractivity contribution in [3.8, 4) is 11.8 Å². The van der Waals surface area contributed by atoms with E-state index >= 15 is 0 Å². The molecule has 0 spiro atoms. The monoisotopic (exact) mass is 861 g/mol. The minimum Gasteiger partial charge on any atom is -0.492 e. The second kappa shape index (κ2) is 22.6. The van der Waals surface area contributed by atoms with Crippen molar-refractivity contribution in [3.63, 3.8) is 0 Å². The summed E-state index contributed by atoms with van der Waals surface area (Å²) in [6.07, 6.45) is 3.64. The van der Waals surface area contributed by atoms with E-state index in [9.17, 15) is 45.2 Å². The second-order valence-electron chi connectivity index (χ2n) is 17.4. The van der Waals surface area contributed by atoms with Gasteiger partial charge in [-0.05, 0) is 100 Å². The molecular weight excluding hydrogens is 795 g/mol. The van der Waals surface area contributed by atoms with Crippen LogP contribution in [0.1, 0.15) is 89.5 Å². The lowest BCUT2D eigenvalue weighted by atomic mass is 9.52. The number of amides is 3. The number of nitrogens with zero attached hydrogens (tertiary/aromatic N) is 4. The van der Waals surface area contributed by atoms with Crippen LogP contribution in [-0.4, -0.2) is 169 Å². The van der Waals surface area contributed by atoms with Gasteiger partial charge in [0.2, 0.25) is 5.91 Å². The molecule has 1 heterocycles. The summed E-state index contributed by atoms with van der Waals surface area (Å²) in [6.45, 7) is 3.74. The number of aliphatic hydroxyl groups excluding tert-OH is 5. The van der Waals surface area contributed by atoms with Gasteiger partial charge in [0.25, 0.3) is 0 Å². The van der Waals surface area contributed by atoms with E-state index < -0.39 is 54.8 Å². The fourth-order valence-electron chi connectivity index (χ4n) is 10.3. The molecule has 3 unspecified atom stereocenters. The predicted molar refractivity (Wildman–Crippen MR) is 224 cm³/mol. The van der Waals surface area contributed by atoms with Crippen LogP contribution in [0.15, 0.2) is 24.3 Å². The van der Waals surface area contributed by atoms with Crippen LogP contribution in [0, 0.1) is 23.2 Å². The van der Waals surface area contributed by atoms with E-state index in [1.165, 1.54) is 9.80 Å². The molecule has 1 aromatic carbocycles. The van der Waals surface area contributed by atoms with Crippen LogP contribution in [0.5, 0.6) is 5.75 Å². The van der Waals surface area contributed by atoms with Gasteiger partial charge < -0.3 is 55.2 Å². The Labute approximate surface area is 358 Å². The molecule has 4 bridgehead atoms. The molecule has 17 heteroatoms. The molecule has 4 aliphatic carbocycles. The number of hydrogen-bond donors (Lipinski definition) is 7. The van der Waals surface area contributed by atoms with Crippen molar-refractivity contribution < 1.29 is 54.5 Å². The first-order valence-electron chi connectivity index (χ1n) is 21.8. The van der Waals surface area contributed by atoms with E-state index in [0.717, 1.165) is 69.8 Å². The van der Waals surface area contributed by atoms with Crippen molar-refractivity contribution in [1.82, 2.24) is 20.0 Å². The lowest BCUT2D eigenvalue weighted by Gasteiger charge is -2.64. The highest BCUT2D eigenvalue weighted by atomic mass is 32.2. The quantitative estimate of drug-likeness (QED) is 0.0701. The van der Waals surface area contributed by atoms with Gasteiger partial charge in [-0.2, -0.15) is 17.0 Å². The summed E-state index contributed by atoms with van der Waals surface area (Å²) >= 11 is 1.76. The van der Waals surface area contributed by atoms with E-state index in [2.05, 4.69) is 18.3 Å². The zero-order chi connectivity index (χ0) is 43.3. The fraction of sp³-hybridized carbons (Fsp3) is 0.767. The Morgan fingerprint density at radius 1 is 1.00 bits per heavy atom. The zero-order valence-electron chi connectivity index (χ0n) is 35.0. The second-order valence-corrected chi connectivity index (χ2v) is 19.0. The number of alkyl carbamates (subject to hydrolysis) is 1. The number of benzene rings is 1. The van der Waals surface area contributed by atoms with Crippen molar-refractivity contribution in [3.05, 3.63) is 29.8 Å². The number of nitrogens with one attached hydrogen (secondary N) is 1. The fourth-order valence-corrected chi connectivity index (χ4v) is 12.0. The average molecular weight is 862 g/mol. The molecule has 1 aliphatic heterocycles. The maximum atomic E-state index is 13.3. The minimum atomic E-state index is -1.66. The van der Waals surface area contributed by atoms with Gasteiger partial charge in [0.15, 0.2) is 0 Å². The maximum Gasteiger partial charge on any atom is 0.408 e. The van der Waals surface area contributed by atoms with Crippen molar-refractivity contribution in [1.29, 1.82) is 5.26 Å². The number of thioether (sulfide) groups is 1. The average Bonchev–Trinajstić information content (AvgIpc) is 3.72. The highest BCUT2D eigenvalue weighted by Crippen LogP contribution is 2.63. The van der Waals surface area contributed by atoms with Gasteiger partial charge in [-0.1, -0.05) is 38.3 Å². The van der Waals surface area contributed by atoms with E-state index in [4.69, 9.17) is 14.6 Å². The summed E-state index contributed by atoms with van der Waals surface area (Å²) in [5.41, 5.74) is 0.431. The molecule has 0 radical (unpaired) electrons. The Morgan fingerprint density at radius 2 is 1.72 bits per heavy atom. The summed E-state index contributed by atoms with van der Waals surface area (Å²) in [5, 5.41) is 72.3. The van der Waals surface area contributed by atoms with Crippen molar-refractivity contribution in [2.75, 3.05) is 64.8 Å². The zero-order valence-corrected chi connectivity index (χ0v) is 35.9. The lowest BCUT2D eigenvalue weighted by Crippen LogP contribution is -2.66. The number of ether oxygens (including phenoxy) is 2. The van der Waals surface area contributed by atoms with Crippen LogP contribution in [-0.2, 0) is 16.0 Å². The van der Waals surface area contributed by atoms with Crippen LogP contribution in [0.4, 0.5) is 9.59 Å². The Kier molecular flexibility index (Phi) is 18.0. The maximum absolute atomic E-state index is 13.3. The van der Waals surface area contributed by atoms with Gasteiger partial charge in [-0.3, -0.25) is 9.69 Å². The normalized spacial score (nSPS) is 26.3. The lowest BCUT2D eigenvalue weighted by molar-refractivity contribution is -0.136. The molecule has 7 N–H and O–H groups in total. The van der Waals surface area contributed by atoms with E-state index in [1.54, 1.807) is 11.8 Å². The van der Waals surface area contributed by atoms with Crippen molar-refractivity contribution in [2.45, 2.75) is 131 Å². The molecule has 9 atom stereocenters. The Morgan fingerprint density at radius 3 is 2.38 bits per heavy atom. The van der Waals surface area contributed by atoms with Gasteiger partial charge in [0, 0.05) is 35.7 Å². The predicted octanol–water partition coefficient (Wildman–Crippen LogP) is 2.97. The van der Waals surface area contributed by atoms with Crippen LogP contribution >= 0.6 is 11.8 Å². The highest BCUT2D eigenvalue weighted by molar-refractivity contribution is 8.00. The standard InChI is InChI=1S/C43H67N5O11S/c1-2-3-4-5-14-46(26-35(50)38(53)39(54)36(51)28-49)16-12-30-8-10-34(11-9-30)58-17-13-45-40(55)59-18-19-60-43-23-31-20-32(24-43)22-42(21-31,29-43)48(41(56)57)27-37(52)47-15-6-7-33(47)25-44/h8-11,31-33,35-36,38-39,49-51,53-54H,2-7,12-24,26-29H2,1H3,(H,45,55)(H,56,57)/t31-,32?,33-,35-,36+,38+,39+,42?,43?/m0/s1. The molecule has 6 rings (SSSR count). The topological polar surface area (TPSA) is 237 Å². The Hall–Kier alpha value is -3.37. The molecule has 336 valence electrons. The van der Waals surface area contributed by atoms with E-state index in [0.29, 0.717) is 62.2 Å². The van der Waals surface area contributed by atoms with Gasteiger partial charge in [0.1, 0.15) is 49.9 Å². The number of likely N-dealkylation sites (tertiary alicyclic amines) is 1. The van der Waals surface area contributed by atoms with Crippen LogP contribution in [0.2, 0.25) is 0 Å². The van der Waals surface area contributed by atoms with Crippen molar-refractivity contribution in [2.24, 2.45) is 11.8 Å². The van der Waals surface area contributed by atoms with E-state index in [-0.39, 0.29) is 43.5 Å². The third-order valence-electron chi connectivity index (χ3n) is 12.9. The smallest absolute Gasteiger partial charge is 0.408 e. The van der Waals surface area contributed by atoms with Gasteiger partial charge in [-0.15, -0.1) is 0 Å². The first-order valence-corrected chi connectivity index (χ1v) is 22.8. The number of rotatable bonds is 25. The molecule has 60 heavy (non-hydrogen) atoms. The number of hydrogen-bond acceptors (Lipinski definition) is 13. The van der Waals surface area contributed by atoms with Crippen molar-refractivity contribution >= 4 is 29.9 Å². The van der Waals surface area contributed by atoms with Crippen LogP contribution in [0.25, 0.3) is 0 Å². The summed E-state index contributed by atoms with van der Waals surface area (Å²) in [7, 11) is 0. The largest absolute Gasteiger partial charge is 0.492 e. The molecule has 16 nitrogen and oxygen atoms in total. The molecule has 1 saturated heterocycles. The van der Waals surface area contributed by atoms with Gasteiger partial charge in [0.05, 0.1) is 25.3 Å². The summed E-state index contributed by atoms with van der Waals surface area (Å²) in [4.78, 5) is 43.5. The Bertz CT molecular complexity index is 1570. The first-order chi connectivity index (χ1) is 28.8. The van der Waals surface area contributed by atoms with Gasteiger partial charge >= 0.3 is 12.2 Å². The first kappa shape index (κ1) is 47.7. The number of unbranched alkanes of at least 4 members (excludes halogenated alkanes) is 3. The van der Waals surface area contributed by atoms with E-state index in [1.807, 2.05) is 29.2 Å². The number of nitriles is 1. The number of aliphatic hydroxyl groups is 5. The number of carbonyl (C=O) groups is 3. The summed E-state index contributed by atoms with van der Waals surface area (Å²) in [5.74, 6) is 1.69. The number of carbonyl (C=O) groups excluding carboxylic acids is 2. The highest BCUT2D eigenvalue weighted by Gasteiger charge is 2.61. The number of carboxylic acid groups (broad SMARTS) is 1. The molecule has 1 aromatic rings. The SMILES string of the molecule is CCCCCCN(CCc1ccc(OCCNC(=O)OCCSC23CC4C[C@H](C2)CC(N(CC(=O)N2CCC[C@H]2C#N)C(=O)O)(C4)C3)cc1)C[C@H](O)[C@@H](O)[C@H](O)[C@H](O)CO. The van der Waals surface area contributed by atoms with Crippen LogP contribution in [0.3, 0.4) is 0 Å². The van der Waals surface area contributed by atoms with Gasteiger partial charge in [-0.25, -0.2) is 9.59 Å². The summed E-state index contributed by atoms with van der Waals surface area (Å²) < 4.78 is 11.2.